The third-order valence-electron chi connectivity index (χ3n) is 3.03. The number of aromatic nitrogens is 1. The number of hydrogen-bond acceptors (Lipinski definition) is 4. The average molecular weight is 245 g/mol. The molecule has 0 fully saturated rings. The molecule has 1 aliphatic heterocycles. The summed E-state index contributed by atoms with van der Waals surface area (Å²) in [6.45, 7) is 1.24. The summed E-state index contributed by atoms with van der Waals surface area (Å²) in [6.07, 6.45) is 0.864. The van der Waals surface area contributed by atoms with Crippen LogP contribution in [0.3, 0.4) is 0 Å². The van der Waals surface area contributed by atoms with Gasteiger partial charge in [-0.1, -0.05) is 23.4 Å². The van der Waals surface area contributed by atoms with Crippen molar-refractivity contribution in [3.8, 4) is 11.3 Å². The van der Waals surface area contributed by atoms with Crippen LogP contribution in [0.1, 0.15) is 21.6 Å². The molecule has 0 saturated heterocycles. The van der Waals surface area contributed by atoms with E-state index in [1.165, 1.54) is 11.6 Å². The third kappa shape index (κ3) is 1.78. The second-order valence-corrected chi connectivity index (χ2v) is 4.13. The predicted molar refractivity (Wildman–Crippen MR) is 62.3 cm³/mol. The van der Waals surface area contributed by atoms with Gasteiger partial charge in [0.1, 0.15) is 0 Å². The van der Waals surface area contributed by atoms with Crippen LogP contribution < -0.4 is 0 Å². The zero-order valence-electron chi connectivity index (χ0n) is 9.55. The van der Waals surface area contributed by atoms with Crippen LogP contribution in [-0.4, -0.2) is 22.8 Å². The Morgan fingerprint density at radius 1 is 1.39 bits per heavy atom. The van der Waals surface area contributed by atoms with Crippen LogP contribution in [0.4, 0.5) is 0 Å². The molecule has 0 amide bonds. The molecule has 18 heavy (non-hydrogen) atoms. The molecule has 1 aromatic carbocycles. The number of carbonyl (C=O) groups is 1. The molecule has 5 nitrogen and oxygen atoms in total. The van der Waals surface area contributed by atoms with Gasteiger partial charge >= 0.3 is 5.97 Å². The number of carboxylic acid groups (broad SMARTS) is 1. The third-order valence-corrected chi connectivity index (χ3v) is 3.03. The summed E-state index contributed by atoms with van der Waals surface area (Å²) >= 11 is 0. The Morgan fingerprint density at radius 2 is 2.28 bits per heavy atom. The number of fused-ring (bicyclic) bond motifs is 1. The molecule has 0 bridgehead atoms. The lowest BCUT2D eigenvalue weighted by molar-refractivity contribution is 0.0686. The topological polar surface area (TPSA) is 72.6 Å². The van der Waals surface area contributed by atoms with Gasteiger partial charge in [0.25, 0.3) is 0 Å². The number of ether oxygens (including phenoxy) is 1. The Bertz CT molecular complexity index is 603. The van der Waals surface area contributed by atoms with Crippen molar-refractivity contribution in [2.45, 2.75) is 13.0 Å². The fourth-order valence-corrected chi connectivity index (χ4v) is 2.13. The van der Waals surface area contributed by atoms with Gasteiger partial charge in [-0.05, 0) is 17.5 Å². The molecule has 2 heterocycles. The maximum atomic E-state index is 10.8. The lowest BCUT2D eigenvalue weighted by Gasteiger charge is -2.18. The lowest BCUT2D eigenvalue weighted by atomic mass is 9.96. The Balaban J connectivity index is 2.08. The van der Waals surface area contributed by atoms with Crippen molar-refractivity contribution in [2.75, 3.05) is 6.61 Å². The summed E-state index contributed by atoms with van der Waals surface area (Å²) in [5.41, 5.74) is 3.04. The molecular formula is C13H11NO4. The number of rotatable bonds is 2. The molecular weight excluding hydrogens is 234 g/mol. The van der Waals surface area contributed by atoms with Crippen LogP contribution in [0, 0.1) is 0 Å². The number of nitrogens with zero attached hydrogens (tertiary/aromatic N) is 1. The zero-order chi connectivity index (χ0) is 12.5. The first-order valence-corrected chi connectivity index (χ1v) is 5.64. The molecule has 0 atom stereocenters. The van der Waals surface area contributed by atoms with Gasteiger partial charge in [0, 0.05) is 11.6 Å². The highest BCUT2D eigenvalue weighted by atomic mass is 16.5. The molecule has 1 aliphatic rings. The van der Waals surface area contributed by atoms with Crippen LogP contribution in [0.5, 0.6) is 0 Å². The Labute approximate surface area is 103 Å². The van der Waals surface area contributed by atoms with Crippen LogP contribution >= 0.6 is 0 Å². The summed E-state index contributed by atoms with van der Waals surface area (Å²) in [5, 5.41) is 12.4. The molecule has 0 unspecified atom stereocenters. The first kappa shape index (κ1) is 11.0. The van der Waals surface area contributed by atoms with Gasteiger partial charge in [-0.25, -0.2) is 4.79 Å². The minimum absolute atomic E-state index is 0.0840. The fourth-order valence-electron chi connectivity index (χ4n) is 2.13. The molecule has 5 heteroatoms. The maximum absolute atomic E-state index is 10.8. The highest BCUT2D eigenvalue weighted by Crippen LogP contribution is 2.29. The predicted octanol–water partition coefficient (Wildman–Crippen LogP) is 2.11. The van der Waals surface area contributed by atoms with Gasteiger partial charge in [0.2, 0.25) is 0 Å². The molecule has 1 aromatic heterocycles. The molecule has 92 valence electrons. The summed E-state index contributed by atoms with van der Waals surface area (Å²) in [6, 6.07) is 7.31. The van der Waals surface area contributed by atoms with Crippen molar-refractivity contribution < 1.29 is 19.2 Å². The largest absolute Gasteiger partial charge is 0.476 e. The van der Waals surface area contributed by atoms with E-state index in [-0.39, 0.29) is 5.69 Å². The van der Waals surface area contributed by atoms with E-state index in [9.17, 15) is 4.79 Å². The lowest BCUT2D eigenvalue weighted by Crippen LogP contribution is -2.10. The first-order chi connectivity index (χ1) is 8.75. The van der Waals surface area contributed by atoms with E-state index in [2.05, 4.69) is 11.2 Å². The van der Waals surface area contributed by atoms with Crippen LogP contribution in [-0.2, 0) is 17.8 Å². The smallest absolute Gasteiger partial charge is 0.358 e. The first-order valence-electron chi connectivity index (χ1n) is 5.64. The normalized spacial score (nSPS) is 14.2. The molecule has 0 saturated carbocycles. The van der Waals surface area contributed by atoms with E-state index in [0.29, 0.717) is 19.0 Å². The summed E-state index contributed by atoms with van der Waals surface area (Å²) in [7, 11) is 0. The van der Waals surface area contributed by atoms with E-state index in [0.717, 1.165) is 17.5 Å². The van der Waals surface area contributed by atoms with Gasteiger partial charge in [-0.3, -0.25) is 0 Å². The number of hydrogen-bond donors (Lipinski definition) is 1. The minimum Gasteiger partial charge on any atom is -0.476 e. The molecule has 1 N–H and O–H groups in total. The van der Waals surface area contributed by atoms with Crippen molar-refractivity contribution in [3.63, 3.8) is 0 Å². The monoisotopic (exact) mass is 245 g/mol. The second-order valence-electron chi connectivity index (χ2n) is 4.13. The van der Waals surface area contributed by atoms with Gasteiger partial charge in [-0.15, -0.1) is 0 Å². The Kier molecular flexibility index (Phi) is 2.60. The van der Waals surface area contributed by atoms with E-state index in [4.69, 9.17) is 14.4 Å². The van der Waals surface area contributed by atoms with Gasteiger partial charge < -0.3 is 14.4 Å². The highest BCUT2D eigenvalue weighted by Gasteiger charge is 2.18. The average Bonchev–Trinajstić information content (AvgIpc) is 2.87. The molecule has 3 rings (SSSR count). The van der Waals surface area contributed by atoms with Crippen molar-refractivity contribution >= 4 is 5.97 Å². The Hall–Kier alpha value is -2.14. The van der Waals surface area contributed by atoms with E-state index < -0.39 is 5.97 Å². The Morgan fingerprint density at radius 3 is 3.06 bits per heavy atom. The van der Waals surface area contributed by atoms with E-state index >= 15 is 0 Å². The SMILES string of the molecule is O=C(O)c1cc(-c2cccc3c2COCC3)on1. The molecule has 0 spiro atoms. The van der Waals surface area contributed by atoms with Gasteiger partial charge in [0.05, 0.1) is 13.2 Å². The second kappa shape index (κ2) is 4.27. The number of benzene rings is 1. The molecule has 2 aromatic rings. The number of aromatic carboxylic acids is 1. The molecule has 0 radical (unpaired) electrons. The number of carboxylic acids is 1. The van der Waals surface area contributed by atoms with E-state index in [1.54, 1.807) is 0 Å². The summed E-state index contributed by atoms with van der Waals surface area (Å²) in [5.74, 6) is -0.624. The van der Waals surface area contributed by atoms with Crippen LogP contribution in [0.15, 0.2) is 28.8 Å². The van der Waals surface area contributed by atoms with Crippen molar-refractivity contribution in [3.05, 3.63) is 41.1 Å². The quantitative estimate of drug-likeness (QED) is 0.877. The summed E-state index contributed by atoms with van der Waals surface area (Å²) < 4.78 is 10.5. The van der Waals surface area contributed by atoms with Crippen LogP contribution in [0.2, 0.25) is 0 Å². The zero-order valence-corrected chi connectivity index (χ0v) is 9.55. The molecule has 0 aliphatic carbocycles. The summed E-state index contributed by atoms with van der Waals surface area (Å²) in [4.78, 5) is 10.8. The van der Waals surface area contributed by atoms with Crippen LogP contribution in [0.25, 0.3) is 11.3 Å². The minimum atomic E-state index is -1.09. The maximum Gasteiger partial charge on any atom is 0.358 e. The van der Waals surface area contributed by atoms with Crippen molar-refractivity contribution in [1.82, 2.24) is 5.16 Å². The van der Waals surface area contributed by atoms with Crippen molar-refractivity contribution in [1.29, 1.82) is 0 Å². The van der Waals surface area contributed by atoms with Gasteiger partial charge in [0.15, 0.2) is 11.5 Å². The fraction of sp³-hybridized carbons (Fsp3) is 0.231. The van der Waals surface area contributed by atoms with Crippen molar-refractivity contribution in [2.24, 2.45) is 0 Å². The standard InChI is InChI=1S/C13H11NO4/c15-13(16)11-6-12(18-14-11)9-3-1-2-8-4-5-17-7-10(8)9/h1-3,6H,4-5,7H2,(H,15,16). The van der Waals surface area contributed by atoms with Gasteiger partial charge in [-0.2, -0.15) is 0 Å². The highest BCUT2D eigenvalue weighted by molar-refractivity contribution is 5.86. The van der Waals surface area contributed by atoms with E-state index in [1.807, 2.05) is 12.1 Å².